The van der Waals surface area contributed by atoms with E-state index in [2.05, 4.69) is 70.2 Å². The molecule has 32 heavy (non-hydrogen) atoms. The summed E-state index contributed by atoms with van der Waals surface area (Å²) >= 11 is 0. The number of benzene rings is 4. The van der Waals surface area contributed by atoms with Gasteiger partial charge >= 0.3 is 0 Å². The number of hydrogen-bond donors (Lipinski definition) is 1. The van der Waals surface area contributed by atoms with Gasteiger partial charge in [0.25, 0.3) is 0 Å². The molecule has 0 unspecified atom stereocenters. The fourth-order valence-corrected chi connectivity index (χ4v) is 4.11. The lowest BCUT2D eigenvalue weighted by molar-refractivity contribution is 0.302. The first kappa shape index (κ1) is 21.7. The number of phenols is 1. The van der Waals surface area contributed by atoms with E-state index in [0.717, 1.165) is 11.3 Å². The van der Waals surface area contributed by atoms with Crippen LogP contribution in [0.1, 0.15) is 42.0 Å². The summed E-state index contributed by atoms with van der Waals surface area (Å²) in [7, 11) is 0. The summed E-state index contributed by atoms with van der Waals surface area (Å²) in [6.07, 6.45) is 0. The lowest BCUT2D eigenvalue weighted by Crippen LogP contribution is -2.00. The summed E-state index contributed by atoms with van der Waals surface area (Å²) in [6.45, 7) is 9.29. The molecular weight excluding hydrogens is 392 g/mol. The summed E-state index contributed by atoms with van der Waals surface area (Å²) in [6, 6.07) is 28.7. The van der Waals surface area contributed by atoms with Gasteiger partial charge in [0.1, 0.15) is 18.1 Å². The van der Waals surface area contributed by atoms with Gasteiger partial charge < -0.3 is 9.84 Å². The molecule has 162 valence electrons. The van der Waals surface area contributed by atoms with Crippen LogP contribution in [0.3, 0.4) is 0 Å². The Hall–Kier alpha value is -3.52. The minimum Gasteiger partial charge on any atom is -0.508 e. The highest BCUT2D eigenvalue weighted by molar-refractivity contribution is 5.77. The van der Waals surface area contributed by atoms with Crippen molar-refractivity contribution < 1.29 is 9.84 Å². The maximum atomic E-state index is 9.61. The standard InChI is InChI=1S/C30H30O2/c1-20(2)27-18-25(12-15-30(27)32-19-23-8-6-5-7-9-23)29-17-21(3)28(16-22(29)4)24-10-13-26(31)14-11-24/h5-18,20,31H,19H2,1-4H3. The predicted octanol–water partition coefficient (Wildman–Crippen LogP) is 8.05. The topological polar surface area (TPSA) is 29.5 Å². The summed E-state index contributed by atoms with van der Waals surface area (Å²) < 4.78 is 6.20. The van der Waals surface area contributed by atoms with Crippen molar-refractivity contribution in [1.29, 1.82) is 0 Å². The average molecular weight is 423 g/mol. The number of rotatable bonds is 6. The molecule has 1 N–H and O–H groups in total. The van der Waals surface area contributed by atoms with E-state index >= 15 is 0 Å². The lowest BCUT2D eigenvalue weighted by Gasteiger charge is -2.18. The summed E-state index contributed by atoms with van der Waals surface area (Å²) in [5.41, 5.74) is 9.58. The van der Waals surface area contributed by atoms with Crippen LogP contribution in [0.2, 0.25) is 0 Å². The van der Waals surface area contributed by atoms with Crippen molar-refractivity contribution in [3.63, 3.8) is 0 Å². The minimum absolute atomic E-state index is 0.288. The zero-order valence-corrected chi connectivity index (χ0v) is 19.2. The maximum absolute atomic E-state index is 9.61. The van der Waals surface area contributed by atoms with Gasteiger partial charge in [0.15, 0.2) is 0 Å². The lowest BCUT2D eigenvalue weighted by atomic mass is 9.90. The van der Waals surface area contributed by atoms with Crippen LogP contribution >= 0.6 is 0 Å². The minimum atomic E-state index is 0.288. The molecule has 4 aromatic carbocycles. The second-order valence-electron chi connectivity index (χ2n) is 8.71. The molecule has 0 bridgehead atoms. The van der Waals surface area contributed by atoms with Gasteiger partial charge in [-0.3, -0.25) is 0 Å². The molecule has 0 spiro atoms. The van der Waals surface area contributed by atoms with Crippen molar-refractivity contribution in [1.82, 2.24) is 0 Å². The number of aromatic hydroxyl groups is 1. The molecule has 2 nitrogen and oxygen atoms in total. The van der Waals surface area contributed by atoms with Crippen molar-refractivity contribution in [3.05, 3.63) is 107 Å². The summed E-state index contributed by atoms with van der Waals surface area (Å²) in [4.78, 5) is 0. The van der Waals surface area contributed by atoms with Crippen molar-refractivity contribution in [2.45, 2.75) is 40.2 Å². The Morgan fingerprint density at radius 3 is 1.94 bits per heavy atom. The Morgan fingerprint density at radius 2 is 1.31 bits per heavy atom. The van der Waals surface area contributed by atoms with E-state index < -0.39 is 0 Å². The van der Waals surface area contributed by atoms with Crippen LogP contribution in [0, 0.1) is 13.8 Å². The highest BCUT2D eigenvalue weighted by atomic mass is 16.5. The van der Waals surface area contributed by atoms with E-state index in [1.165, 1.54) is 38.9 Å². The fraction of sp³-hybridized carbons (Fsp3) is 0.200. The molecule has 0 amide bonds. The zero-order valence-electron chi connectivity index (χ0n) is 19.2. The van der Waals surface area contributed by atoms with Crippen LogP contribution in [-0.2, 0) is 6.61 Å². The fourth-order valence-electron chi connectivity index (χ4n) is 4.11. The number of phenolic OH excluding ortho intramolecular Hbond substituents is 1. The van der Waals surface area contributed by atoms with E-state index in [-0.39, 0.29) is 5.75 Å². The molecular formula is C30H30O2. The van der Waals surface area contributed by atoms with Crippen LogP contribution < -0.4 is 4.74 Å². The van der Waals surface area contributed by atoms with E-state index in [0.29, 0.717) is 12.5 Å². The predicted molar refractivity (Wildman–Crippen MR) is 133 cm³/mol. The molecule has 0 aliphatic carbocycles. The van der Waals surface area contributed by atoms with Crippen molar-refractivity contribution in [2.24, 2.45) is 0 Å². The Kier molecular flexibility index (Phi) is 6.32. The van der Waals surface area contributed by atoms with Gasteiger partial charge in [0.05, 0.1) is 0 Å². The van der Waals surface area contributed by atoms with Crippen LogP contribution in [0.4, 0.5) is 0 Å². The summed E-state index contributed by atoms with van der Waals surface area (Å²) in [5, 5.41) is 9.61. The third-order valence-electron chi connectivity index (χ3n) is 5.93. The van der Waals surface area contributed by atoms with Gasteiger partial charge in [-0.15, -0.1) is 0 Å². The van der Waals surface area contributed by atoms with Gasteiger partial charge in [-0.25, -0.2) is 0 Å². The largest absolute Gasteiger partial charge is 0.508 e. The maximum Gasteiger partial charge on any atom is 0.123 e. The van der Waals surface area contributed by atoms with Gasteiger partial charge in [-0.05, 0) is 88.5 Å². The Morgan fingerprint density at radius 1 is 0.719 bits per heavy atom. The zero-order chi connectivity index (χ0) is 22.7. The monoisotopic (exact) mass is 422 g/mol. The SMILES string of the molecule is Cc1cc(-c2ccc(OCc3ccccc3)c(C(C)C)c2)c(C)cc1-c1ccc(O)cc1. The molecule has 2 heteroatoms. The first-order valence-electron chi connectivity index (χ1n) is 11.1. The molecule has 4 rings (SSSR count). The Labute approximate surface area is 191 Å². The second kappa shape index (κ2) is 9.32. The third-order valence-corrected chi connectivity index (χ3v) is 5.93. The number of hydrogen-bond acceptors (Lipinski definition) is 2. The summed E-state index contributed by atoms with van der Waals surface area (Å²) in [5.74, 6) is 1.59. The second-order valence-corrected chi connectivity index (χ2v) is 8.71. The normalized spacial score (nSPS) is 11.0. The van der Waals surface area contributed by atoms with Crippen LogP contribution in [0.15, 0.2) is 84.9 Å². The number of aryl methyl sites for hydroxylation is 2. The number of ether oxygens (including phenoxy) is 1. The molecule has 0 radical (unpaired) electrons. The van der Waals surface area contributed by atoms with E-state index in [1.807, 2.05) is 30.3 Å². The van der Waals surface area contributed by atoms with Crippen LogP contribution in [0.5, 0.6) is 11.5 Å². The third kappa shape index (κ3) is 4.70. The molecule has 4 aromatic rings. The first-order chi connectivity index (χ1) is 15.4. The van der Waals surface area contributed by atoms with Crippen LogP contribution in [-0.4, -0.2) is 5.11 Å². The van der Waals surface area contributed by atoms with Crippen molar-refractivity contribution in [3.8, 4) is 33.8 Å². The molecule has 0 fully saturated rings. The van der Waals surface area contributed by atoms with E-state index in [1.54, 1.807) is 12.1 Å². The molecule has 0 aromatic heterocycles. The van der Waals surface area contributed by atoms with Gasteiger partial charge in [0, 0.05) is 0 Å². The van der Waals surface area contributed by atoms with E-state index in [4.69, 9.17) is 4.74 Å². The molecule has 0 saturated carbocycles. The van der Waals surface area contributed by atoms with Gasteiger partial charge in [0.2, 0.25) is 0 Å². The van der Waals surface area contributed by atoms with Crippen molar-refractivity contribution in [2.75, 3.05) is 0 Å². The van der Waals surface area contributed by atoms with Crippen molar-refractivity contribution >= 4 is 0 Å². The molecule has 0 saturated heterocycles. The van der Waals surface area contributed by atoms with Gasteiger partial charge in [-0.2, -0.15) is 0 Å². The molecule has 0 aliphatic heterocycles. The quantitative estimate of drug-likeness (QED) is 0.341. The van der Waals surface area contributed by atoms with E-state index in [9.17, 15) is 5.11 Å². The highest BCUT2D eigenvalue weighted by Crippen LogP contribution is 2.36. The molecule has 0 heterocycles. The molecule has 0 aliphatic rings. The Bertz CT molecular complexity index is 1210. The highest BCUT2D eigenvalue weighted by Gasteiger charge is 2.13. The first-order valence-corrected chi connectivity index (χ1v) is 11.1. The van der Waals surface area contributed by atoms with Gasteiger partial charge in [-0.1, -0.05) is 74.5 Å². The smallest absolute Gasteiger partial charge is 0.123 e. The Balaban J connectivity index is 1.66. The van der Waals surface area contributed by atoms with Crippen LogP contribution in [0.25, 0.3) is 22.3 Å². The average Bonchev–Trinajstić information content (AvgIpc) is 2.80. The molecule has 0 atom stereocenters.